The number of aryl methyl sites for hydroxylation is 2. The number of hydrogen-bond acceptors (Lipinski definition) is 7. The third-order valence-electron chi connectivity index (χ3n) is 5.32. The second kappa shape index (κ2) is 11.5. The van der Waals surface area contributed by atoms with Gasteiger partial charge in [-0.15, -0.1) is 0 Å². The first kappa shape index (κ1) is 25.8. The molecule has 184 valence electrons. The molecular weight excluding hydrogens is 452 g/mol. The minimum atomic E-state index is -0.419. The maximum Gasteiger partial charge on any atom is 0.416 e. The Bertz CT molecular complexity index is 971. The van der Waals surface area contributed by atoms with Gasteiger partial charge in [-0.25, -0.2) is 18.9 Å². The minimum Gasteiger partial charge on any atom is -0.391 e. The average molecular weight is 487 g/mol. The highest BCUT2D eigenvalue weighted by atomic mass is 32.1. The summed E-state index contributed by atoms with van der Waals surface area (Å²) in [5.74, 6) is 0.180. The predicted molar refractivity (Wildman–Crippen MR) is 135 cm³/mol. The lowest BCUT2D eigenvalue weighted by Gasteiger charge is -2.33. The van der Waals surface area contributed by atoms with Crippen molar-refractivity contribution in [2.75, 3.05) is 37.0 Å². The second-order valence-corrected chi connectivity index (χ2v) is 9.82. The van der Waals surface area contributed by atoms with Crippen molar-refractivity contribution in [1.82, 2.24) is 25.1 Å². The SMILES string of the molecule is Cc1cccc(CCCN2CCN(C(=O)Oc3ccc(N(S)C(=O)NC(C)(C)C)cn3)CC2)n1. The van der Waals surface area contributed by atoms with Gasteiger partial charge in [-0.3, -0.25) is 9.88 Å². The van der Waals surface area contributed by atoms with Crippen LogP contribution >= 0.6 is 12.8 Å². The Morgan fingerprint density at radius 1 is 1.15 bits per heavy atom. The van der Waals surface area contributed by atoms with E-state index < -0.39 is 6.09 Å². The molecule has 0 unspecified atom stereocenters. The predicted octanol–water partition coefficient (Wildman–Crippen LogP) is 3.69. The first-order valence-electron chi connectivity index (χ1n) is 11.5. The molecule has 1 aliphatic heterocycles. The molecule has 1 saturated heterocycles. The molecule has 0 radical (unpaired) electrons. The van der Waals surface area contributed by atoms with Crippen LogP contribution in [-0.4, -0.2) is 70.2 Å². The van der Waals surface area contributed by atoms with Crippen molar-refractivity contribution in [2.45, 2.75) is 46.1 Å². The fourth-order valence-electron chi connectivity index (χ4n) is 3.58. The molecule has 10 heteroatoms. The molecule has 0 spiro atoms. The Labute approximate surface area is 207 Å². The maximum atomic E-state index is 12.5. The van der Waals surface area contributed by atoms with Gasteiger partial charge in [-0.1, -0.05) is 18.9 Å². The van der Waals surface area contributed by atoms with Gasteiger partial charge in [-0.05, 0) is 65.3 Å². The molecule has 34 heavy (non-hydrogen) atoms. The Morgan fingerprint density at radius 2 is 1.88 bits per heavy atom. The van der Waals surface area contributed by atoms with Crippen molar-refractivity contribution in [3.8, 4) is 5.88 Å². The summed E-state index contributed by atoms with van der Waals surface area (Å²) in [4.78, 5) is 37.5. The molecule has 3 heterocycles. The molecule has 9 nitrogen and oxygen atoms in total. The number of ether oxygens (including phenoxy) is 1. The number of aromatic nitrogens is 2. The lowest BCUT2D eigenvalue weighted by molar-refractivity contribution is 0.109. The van der Waals surface area contributed by atoms with Crippen LogP contribution in [0.2, 0.25) is 0 Å². The summed E-state index contributed by atoms with van der Waals surface area (Å²) in [5.41, 5.74) is 2.25. The number of nitrogens with one attached hydrogen (secondary N) is 1. The molecule has 1 fully saturated rings. The number of piperazine rings is 1. The van der Waals surface area contributed by atoms with Crippen LogP contribution in [0, 0.1) is 6.92 Å². The molecule has 1 aliphatic rings. The van der Waals surface area contributed by atoms with Crippen molar-refractivity contribution in [3.63, 3.8) is 0 Å². The molecule has 2 aromatic rings. The van der Waals surface area contributed by atoms with Gasteiger partial charge in [-0.2, -0.15) is 0 Å². The van der Waals surface area contributed by atoms with E-state index in [0.717, 1.165) is 48.2 Å². The summed E-state index contributed by atoms with van der Waals surface area (Å²) >= 11 is 4.23. The Kier molecular flexibility index (Phi) is 8.73. The molecule has 1 N–H and O–H groups in total. The van der Waals surface area contributed by atoms with E-state index in [1.807, 2.05) is 39.8 Å². The third kappa shape index (κ3) is 7.88. The minimum absolute atomic E-state index is 0.180. The van der Waals surface area contributed by atoms with E-state index in [0.29, 0.717) is 18.8 Å². The van der Waals surface area contributed by atoms with Crippen molar-refractivity contribution in [2.24, 2.45) is 0 Å². The highest BCUT2D eigenvalue weighted by Gasteiger charge is 2.23. The fraction of sp³-hybridized carbons (Fsp3) is 0.500. The van der Waals surface area contributed by atoms with Crippen molar-refractivity contribution >= 4 is 30.6 Å². The molecule has 0 atom stereocenters. The van der Waals surface area contributed by atoms with Crippen LogP contribution in [-0.2, 0) is 6.42 Å². The summed E-state index contributed by atoms with van der Waals surface area (Å²) in [6.45, 7) is 11.5. The Balaban J connectivity index is 1.41. The van der Waals surface area contributed by atoms with Gasteiger partial charge in [0.1, 0.15) is 0 Å². The highest BCUT2D eigenvalue weighted by Crippen LogP contribution is 2.19. The lowest BCUT2D eigenvalue weighted by Crippen LogP contribution is -2.49. The quantitative estimate of drug-likeness (QED) is 0.605. The molecule has 3 rings (SSSR count). The van der Waals surface area contributed by atoms with Crippen LogP contribution in [0.4, 0.5) is 15.3 Å². The first-order chi connectivity index (χ1) is 16.1. The molecule has 0 aliphatic carbocycles. The smallest absolute Gasteiger partial charge is 0.391 e. The van der Waals surface area contributed by atoms with E-state index in [9.17, 15) is 9.59 Å². The van der Waals surface area contributed by atoms with Crippen LogP contribution in [0.5, 0.6) is 5.88 Å². The van der Waals surface area contributed by atoms with Gasteiger partial charge >= 0.3 is 12.1 Å². The Morgan fingerprint density at radius 3 is 2.50 bits per heavy atom. The number of anilines is 1. The fourth-order valence-corrected chi connectivity index (χ4v) is 3.75. The topological polar surface area (TPSA) is 90.9 Å². The van der Waals surface area contributed by atoms with Gasteiger partial charge in [0.15, 0.2) is 0 Å². The number of nitrogens with zero attached hydrogens (tertiary/aromatic N) is 5. The van der Waals surface area contributed by atoms with E-state index in [-0.39, 0.29) is 17.5 Å². The summed E-state index contributed by atoms with van der Waals surface area (Å²) in [6.07, 6.45) is 3.01. The number of pyridine rings is 2. The van der Waals surface area contributed by atoms with Gasteiger partial charge < -0.3 is 15.0 Å². The average Bonchev–Trinajstić information content (AvgIpc) is 2.78. The van der Waals surface area contributed by atoms with Crippen LogP contribution in [0.25, 0.3) is 0 Å². The molecule has 0 bridgehead atoms. The zero-order valence-electron chi connectivity index (χ0n) is 20.3. The van der Waals surface area contributed by atoms with Crippen molar-refractivity contribution < 1.29 is 14.3 Å². The van der Waals surface area contributed by atoms with Gasteiger partial charge in [0.05, 0.1) is 11.9 Å². The Hall–Kier alpha value is -2.85. The van der Waals surface area contributed by atoms with E-state index in [4.69, 9.17) is 4.74 Å². The van der Waals surface area contributed by atoms with Crippen molar-refractivity contribution in [3.05, 3.63) is 47.9 Å². The van der Waals surface area contributed by atoms with Crippen LogP contribution in [0.15, 0.2) is 36.5 Å². The van der Waals surface area contributed by atoms with Crippen LogP contribution in [0.3, 0.4) is 0 Å². The number of carbonyl (C=O) groups is 2. The number of urea groups is 1. The highest BCUT2D eigenvalue weighted by molar-refractivity contribution is 7.82. The molecule has 2 aromatic heterocycles. The standard InChI is InChI=1S/C24H34N6O3S/c1-18-7-5-8-19(26-18)9-6-12-28-13-15-29(16-14-28)23(32)33-21-11-10-20(17-25-21)30(34)22(31)27-24(2,3)4/h5,7-8,10-11,17,34H,6,9,12-16H2,1-4H3,(H,27,31). The molecular formula is C24H34N6O3S. The van der Waals surface area contributed by atoms with Gasteiger partial charge in [0, 0.05) is 49.2 Å². The number of carbonyl (C=O) groups excluding carboxylic acids is 2. The zero-order chi connectivity index (χ0) is 24.7. The van der Waals surface area contributed by atoms with Gasteiger partial charge in [0.25, 0.3) is 0 Å². The normalized spacial score (nSPS) is 14.6. The van der Waals surface area contributed by atoms with E-state index >= 15 is 0 Å². The number of thiol groups is 1. The summed E-state index contributed by atoms with van der Waals surface area (Å²) in [6, 6.07) is 8.93. The number of amides is 3. The monoisotopic (exact) mass is 486 g/mol. The molecule has 0 saturated carbocycles. The first-order valence-corrected chi connectivity index (χ1v) is 11.9. The summed E-state index contributed by atoms with van der Waals surface area (Å²) in [5, 5.41) is 2.82. The largest absolute Gasteiger partial charge is 0.416 e. The zero-order valence-corrected chi connectivity index (χ0v) is 21.2. The summed E-state index contributed by atoms with van der Waals surface area (Å²) < 4.78 is 6.58. The number of hydrogen-bond donors (Lipinski definition) is 2. The molecule has 3 amide bonds. The van der Waals surface area contributed by atoms with Gasteiger partial charge in [0.2, 0.25) is 5.88 Å². The number of rotatable bonds is 6. The van der Waals surface area contributed by atoms with Crippen LogP contribution in [0.1, 0.15) is 38.6 Å². The lowest BCUT2D eigenvalue weighted by atomic mass is 10.1. The van der Waals surface area contributed by atoms with Crippen LogP contribution < -0.4 is 14.4 Å². The third-order valence-corrected chi connectivity index (χ3v) is 5.73. The van der Waals surface area contributed by atoms with Crippen molar-refractivity contribution in [1.29, 1.82) is 0 Å². The summed E-state index contributed by atoms with van der Waals surface area (Å²) in [7, 11) is 0. The van der Waals surface area contributed by atoms with E-state index in [1.165, 1.54) is 6.20 Å². The maximum absolute atomic E-state index is 12.5. The van der Waals surface area contributed by atoms with E-state index in [1.54, 1.807) is 17.0 Å². The van der Waals surface area contributed by atoms with E-state index in [2.05, 4.69) is 39.1 Å². The second-order valence-electron chi connectivity index (χ2n) is 9.42. The molecule has 0 aromatic carbocycles.